The predicted molar refractivity (Wildman–Crippen MR) is 143 cm³/mol. The lowest BCUT2D eigenvalue weighted by molar-refractivity contribution is -0.127. The first-order valence-corrected chi connectivity index (χ1v) is 13.1. The van der Waals surface area contributed by atoms with Crippen LogP contribution in [0.2, 0.25) is 0 Å². The minimum absolute atomic E-state index is 0.110. The number of methoxy groups -OCH3 is 1. The van der Waals surface area contributed by atoms with Crippen LogP contribution in [-0.2, 0) is 11.3 Å². The Morgan fingerprint density at radius 3 is 2.35 bits per heavy atom. The Balaban J connectivity index is 1.77. The standard InChI is InChI=1S/C30H36N4O3/c1-21(2)22-13-15-23(16-14-22)28(29(35)33-25-10-5-4-6-11-25)34(30(36)26-19-31-17-18-32-26)20-24-9-7-8-12-27(24)37-3/h7-9,12-19,21,25,28H,4-6,10-11,20H2,1-3H3,(H,33,35). The minimum Gasteiger partial charge on any atom is -0.496 e. The van der Waals surface area contributed by atoms with E-state index in [1.54, 1.807) is 12.0 Å². The molecule has 0 spiro atoms. The molecule has 0 aliphatic heterocycles. The molecular weight excluding hydrogens is 464 g/mol. The second-order valence-corrected chi connectivity index (χ2v) is 9.90. The van der Waals surface area contributed by atoms with Crippen LogP contribution < -0.4 is 10.1 Å². The maximum atomic E-state index is 14.0. The van der Waals surface area contributed by atoms with Crippen LogP contribution in [0.4, 0.5) is 0 Å². The van der Waals surface area contributed by atoms with Crippen molar-refractivity contribution in [2.45, 2.75) is 70.5 Å². The van der Waals surface area contributed by atoms with E-state index >= 15 is 0 Å². The van der Waals surface area contributed by atoms with Gasteiger partial charge in [-0.1, -0.05) is 75.6 Å². The normalized spacial score (nSPS) is 14.7. The highest BCUT2D eigenvalue weighted by atomic mass is 16.5. The van der Waals surface area contributed by atoms with Crippen molar-refractivity contribution in [3.8, 4) is 5.75 Å². The molecule has 1 atom stereocenters. The molecule has 1 saturated carbocycles. The molecule has 1 fully saturated rings. The van der Waals surface area contributed by atoms with Gasteiger partial charge in [0.1, 0.15) is 17.5 Å². The van der Waals surface area contributed by atoms with E-state index in [0.717, 1.165) is 36.8 Å². The smallest absolute Gasteiger partial charge is 0.275 e. The second-order valence-electron chi connectivity index (χ2n) is 9.90. The first kappa shape index (κ1) is 26.3. The molecule has 4 rings (SSSR count). The molecule has 1 aliphatic rings. The second kappa shape index (κ2) is 12.5. The summed E-state index contributed by atoms with van der Waals surface area (Å²) in [5, 5.41) is 3.26. The van der Waals surface area contributed by atoms with Crippen LogP contribution in [0.3, 0.4) is 0 Å². The van der Waals surface area contributed by atoms with Crippen LogP contribution >= 0.6 is 0 Å². The number of para-hydroxylation sites is 1. The molecular formula is C30H36N4O3. The zero-order valence-electron chi connectivity index (χ0n) is 21.9. The third-order valence-corrected chi connectivity index (χ3v) is 7.01. The van der Waals surface area contributed by atoms with E-state index in [-0.39, 0.29) is 30.1 Å². The lowest BCUT2D eigenvalue weighted by atomic mass is 9.94. The van der Waals surface area contributed by atoms with Gasteiger partial charge in [-0.05, 0) is 36.0 Å². The van der Waals surface area contributed by atoms with Gasteiger partial charge in [-0.15, -0.1) is 0 Å². The molecule has 7 nitrogen and oxygen atoms in total. The number of carbonyl (C=O) groups is 2. The number of amides is 2. The van der Waals surface area contributed by atoms with Gasteiger partial charge in [0.05, 0.1) is 19.9 Å². The van der Waals surface area contributed by atoms with Crippen LogP contribution in [0.25, 0.3) is 0 Å². The van der Waals surface area contributed by atoms with Gasteiger partial charge < -0.3 is 15.0 Å². The van der Waals surface area contributed by atoms with Crippen molar-refractivity contribution in [2.75, 3.05) is 7.11 Å². The highest BCUT2D eigenvalue weighted by molar-refractivity contribution is 5.96. The predicted octanol–water partition coefficient (Wildman–Crippen LogP) is 5.44. The SMILES string of the molecule is COc1ccccc1CN(C(=O)c1cnccn1)C(C(=O)NC1CCCCC1)c1ccc(C(C)C)cc1. The highest BCUT2D eigenvalue weighted by Crippen LogP contribution is 2.30. The molecule has 1 aliphatic carbocycles. The summed E-state index contributed by atoms with van der Waals surface area (Å²) in [6.45, 7) is 4.44. The maximum absolute atomic E-state index is 14.0. The van der Waals surface area contributed by atoms with Crippen molar-refractivity contribution in [3.05, 3.63) is 89.5 Å². The van der Waals surface area contributed by atoms with Crippen LogP contribution in [0, 0.1) is 0 Å². The molecule has 2 aromatic carbocycles. The van der Waals surface area contributed by atoms with Crippen molar-refractivity contribution >= 4 is 11.8 Å². The van der Waals surface area contributed by atoms with E-state index in [1.807, 2.05) is 48.5 Å². The molecule has 1 heterocycles. The topological polar surface area (TPSA) is 84.4 Å². The Morgan fingerprint density at radius 2 is 1.70 bits per heavy atom. The van der Waals surface area contributed by atoms with Crippen molar-refractivity contribution in [1.29, 1.82) is 0 Å². The van der Waals surface area contributed by atoms with Gasteiger partial charge in [0.15, 0.2) is 0 Å². The van der Waals surface area contributed by atoms with Crippen molar-refractivity contribution in [2.24, 2.45) is 0 Å². The number of rotatable bonds is 9. The summed E-state index contributed by atoms with van der Waals surface area (Å²) in [6.07, 6.45) is 9.75. The van der Waals surface area contributed by atoms with E-state index in [4.69, 9.17) is 4.74 Å². The largest absolute Gasteiger partial charge is 0.496 e. The molecule has 2 amide bonds. The highest BCUT2D eigenvalue weighted by Gasteiger charge is 2.34. The lowest BCUT2D eigenvalue weighted by Gasteiger charge is -2.33. The molecule has 0 saturated heterocycles. The van der Waals surface area contributed by atoms with E-state index < -0.39 is 6.04 Å². The van der Waals surface area contributed by atoms with E-state index in [2.05, 4.69) is 29.1 Å². The maximum Gasteiger partial charge on any atom is 0.275 e. The van der Waals surface area contributed by atoms with Gasteiger partial charge in [0.2, 0.25) is 5.91 Å². The minimum atomic E-state index is -0.845. The molecule has 3 aromatic rings. The fraction of sp³-hybridized carbons (Fsp3) is 0.400. The Morgan fingerprint density at radius 1 is 1.00 bits per heavy atom. The van der Waals surface area contributed by atoms with Gasteiger partial charge >= 0.3 is 0 Å². The summed E-state index contributed by atoms with van der Waals surface area (Å²) >= 11 is 0. The molecule has 37 heavy (non-hydrogen) atoms. The Bertz CT molecular complexity index is 1170. The fourth-order valence-electron chi connectivity index (χ4n) is 4.92. The molecule has 1 N–H and O–H groups in total. The molecule has 0 bridgehead atoms. The number of hydrogen-bond donors (Lipinski definition) is 1. The van der Waals surface area contributed by atoms with Gasteiger partial charge in [-0.3, -0.25) is 14.6 Å². The Hall–Kier alpha value is -3.74. The van der Waals surface area contributed by atoms with E-state index in [9.17, 15) is 9.59 Å². The molecule has 0 radical (unpaired) electrons. The van der Waals surface area contributed by atoms with Crippen molar-refractivity contribution in [3.63, 3.8) is 0 Å². The van der Waals surface area contributed by atoms with Crippen LogP contribution in [-0.4, -0.2) is 39.8 Å². The van der Waals surface area contributed by atoms with Crippen molar-refractivity contribution in [1.82, 2.24) is 20.2 Å². The number of ether oxygens (including phenoxy) is 1. The zero-order chi connectivity index (χ0) is 26.2. The van der Waals surface area contributed by atoms with Crippen LogP contribution in [0.1, 0.15) is 85.1 Å². The Labute approximate surface area is 219 Å². The monoisotopic (exact) mass is 500 g/mol. The average Bonchev–Trinajstić information content (AvgIpc) is 2.94. The summed E-state index contributed by atoms with van der Waals surface area (Å²) in [5.41, 5.74) is 2.92. The van der Waals surface area contributed by atoms with Gasteiger partial charge in [0, 0.05) is 24.0 Å². The third kappa shape index (κ3) is 6.53. The van der Waals surface area contributed by atoms with Gasteiger partial charge in [-0.25, -0.2) is 4.98 Å². The molecule has 7 heteroatoms. The average molecular weight is 501 g/mol. The first-order chi connectivity index (χ1) is 18.0. The molecule has 1 aromatic heterocycles. The fourth-order valence-corrected chi connectivity index (χ4v) is 4.92. The van der Waals surface area contributed by atoms with Crippen LogP contribution in [0.5, 0.6) is 5.75 Å². The van der Waals surface area contributed by atoms with E-state index in [1.165, 1.54) is 30.6 Å². The molecule has 194 valence electrons. The zero-order valence-corrected chi connectivity index (χ0v) is 21.9. The Kier molecular flexibility index (Phi) is 8.88. The summed E-state index contributed by atoms with van der Waals surface area (Å²) in [6, 6.07) is 14.8. The first-order valence-electron chi connectivity index (χ1n) is 13.1. The van der Waals surface area contributed by atoms with Gasteiger partial charge in [-0.2, -0.15) is 0 Å². The van der Waals surface area contributed by atoms with Gasteiger partial charge in [0.25, 0.3) is 5.91 Å². The number of hydrogen-bond acceptors (Lipinski definition) is 5. The summed E-state index contributed by atoms with van der Waals surface area (Å²) < 4.78 is 5.57. The molecule has 1 unspecified atom stereocenters. The van der Waals surface area contributed by atoms with Crippen LogP contribution in [0.15, 0.2) is 67.1 Å². The summed E-state index contributed by atoms with van der Waals surface area (Å²) in [5.74, 6) is 0.461. The number of benzene rings is 2. The number of nitrogens with zero attached hydrogens (tertiary/aromatic N) is 3. The number of nitrogens with one attached hydrogen (secondary N) is 1. The summed E-state index contributed by atoms with van der Waals surface area (Å²) in [4.78, 5) is 37.9. The summed E-state index contributed by atoms with van der Waals surface area (Å²) in [7, 11) is 1.60. The van der Waals surface area contributed by atoms with E-state index in [0.29, 0.717) is 11.7 Å². The van der Waals surface area contributed by atoms with Crippen molar-refractivity contribution < 1.29 is 14.3 Å². The lowest BCUT2D eigenvalue weighted by Crippen LogP contribution is -2.47. The quantitative estimate of drug-likeness (QED) is 0.423. The number of carbonyl (C=O) groups excluding carboxylic acids is 2. The third-order valence-electron chi connectivity index (χ3n) is 7.01. The number of aromatic nitrogens is 2.